The summed E-state index contributed by atoms with van der Waals surface area (Å²) in [5.41, 5.74) is 3.83. The van der Waals surface area contributed by atoms with Gasteiger partial charge in [0.2, 0.25) is 0 Å². The van der Waals surface area contributed by atoms with Gasteiger partial charge in [-0.25, -0.2) is 0 Å². The van der Waals surface area contributed by atoms with Crippen LogP contribution >= 0.6 is 0 Å². The van der Waals surface area contributed by atoms with Gasteiger partial charge in [0.15, 0.2) is 0 Å². The van der Waals surface area contributed by atoms with E-state index in [1.807, 2.05) is 42.2 Å². The minimum atomic E-state index is -0.0278. The van der Waals surface area contributed by atoms with E-state index >= 15 is 0 Å². The Bertz CT molecular complexity index is 875. The number of benzene rings is 1. The van der Waals surface area contributed by atoms with Crippen LogP contribution in [0.1, 0.15) is 50.3 Å². The maximum Gasteiger partial charge on any atom is 0.127 e. The highest BCUT2D eigenvalue weighted by Crippen LogP contribution is 2.33. The van der Waals surface area contributed by atoms with Crippen LogP contribution < -0.4 is 10.1 Å². The van der Waals surface area contributed by atoms with E-state index in [4.69, 9.17) is 18.9 Å². The second-order valence-corrected chi connectivity index (χ2v) is 8.31. The van der Waals surface area contributed by atoms with Crippen LogP contribution in [-0.2, 0) is 14.2 Å². The molecule has 1 fully saturated rings. The van der Waals surface area contributed by atoms with Crippen molar-refractivity contribution in [1.29, 1.82) is 0 Å². The molecule has 2 aromatic rings. The van der Waals surface area contributed by atoms with Gasteiger partial charge >= 0.3 is 0 Å². The molecular weight excluding hydrogens is 394 g/mol. The lowest BCUT2D eigenvalue weighted by Crippen LogP contribution is -2.27. The molecule has 3 atom stereocenters. The third kappa shape index (κ3) is 5.67. The minimum absolute atomic E-state index is 0.0123. The zero-order chi connectivity index (χ0) is 21.6. The van der Waals surface area contributed by atoms with Crippen molar-refractivity contribution in [1.82, 2.24) is 9.78 Å². The van der Waals surface area contributed by atoms with Gasteiger partial charge in [-0.15, -0.1) is 0 Å². The minimum Gasteiger partial charge on any atom is -0.491 e. The van der Waals surface area contributed by atoms with Gasteiger partial charge in [0.25, 0.3) is 0 Å². The fraction of sp³-hybridized carbons (Fsp3) is 0.542. The van der Waals surface area contributed by atoms with Crippen LogP contribution in [0.3, 0.4) is 0 Å². The molecule has 1 aromatic heterocycles. The third-order valence-corrected chi connectivity index (χ3v) is 5.69. The molecule has 0 radical (unpaired) electrons. The van der Waals surface area contributed by atoms with Gasteiger partial charge < -0.3 is 24.3 Å². The van der Waals surface area contributed by atoms with Gasteiger partial charge in [0, 0.05) is 29.6 Å². The van der Waals surface area contributed by atoms with Crippen LogP contribution in [0.15, 0.2) is 37.2 Å². The summed E-state index contributed by atoms with van der Waals surface area (Å²) >= 11 is 0. The number of hydrogen-bond acceptors (Lipinski definition) is 6. The fourth-order valence-corrected chi connectivity index (χ4v) is 3.81. The molecule has 1 N–H and O–H groups in total. The number of hydrogen-bond donors (Lipinski definition) is 1. The van der Waals surface area contributed by atoms with Gasteiger partial charge in [-0.05, 0) is 56.9 Å². The summed E-state index contributed by atoms with van der Waals surface area (Å²) in [7, 11) is 0. The molecule has 2 aliphatic heterocycles. The molecule has 7 heteroatoms. The maximum atomic E-state index is 6.02. The summed E-state index contributed by atoms with van der Waals surface area (Å²) in [4.78, 5) is 0. The van der Waals surface area contributed by atoms with Gasteiger partial charge in [0.1, 0.15) is 18.6 Å². The highest BCUT2D eigenvalue weighted by atomic mass is 16.6. The highest BCUT2D eigenvalue weighted by molar-refractivity contribution is 5.85. The van der Waals surface area contributed by atoms with Crippen molar-refractivity contribution in [2.75, 3.05) is 38.4 Å². The topological polar surface area (TPSA) is 66.8 Å². The summed E-state index contributed by atoms with van der Waals surface area (Å²) in [6.45, 7) is 11.4. The standard InChI is InChI=1S/C24H33N3O4/c1-17-15-28-10-11-29-18(2)16-31-21-7-8-23(26-24-6-4-5-9-30-24)22(12-21)19(3)20-13-25-27(17)14-20/h7-8,12-14,17-18,24,26H,3-6,9-11,15-16H2,1-2H3. The molecule has 0 aliphatic carbocycles. The van der Waals surface area contributed by atoms with Crippen molar-refractivity contribution < 1.29 is 18.9 Å². The first-order valence-electron chi connectivity index (χ1n) is 11.2. The van der Waals surface area contributed by atoms with Crippen LogP contribution in [-0.4, -0.2) is 55.1 Å². The SMILES string of the molecule is C=C1c2cnn(c2)C(C)COCCOC(C)COc2ccc(NC3CCCCO3)c1c2. The summed E-state index contributed by atoms with van der Waals surface area (Å²) in [5.74, 6) is 0.783. The van der Waals surface area contributed by atoms with Crippen molar-refractivity contribution in [3.05, 3.63) is 48.3 Å². The molecule has 4 bridgehead atoms. The molecule has 2 aliphatic rings. The number of rotatable bonds is 2. The van der Waals surface area contributed by atoms with E-state index in [-0.39, 0.29) is 18.4 Å². The Morgan fingerprint density at radius 3 is 2.84 bits per heavy atom. The summed E-state index contributed by atoms with van der Waals surface area (Å²) in [6.07, 6.45) is 7.14. The molecule has 3 unspecified atom stereocenters. The van der Waals surface area contributed by atoms with Crippen molar-refractivity contribution >= 4 is 11.3 Å². The van der Waals surface area contributed by atoms with E-state index in [0.717, 1.165) is 47.6 Å². The Labute approximate surface area is 184 Å². The predicted molar refractivity (Wildman–Crippen MR) is 120 cm³/mol. The molecule has 4 rings (SSSR count). The molecule has 168 valence electrons. The van der Waals surface area contributed by atoms with Crippen LogP contribution in [0.2, 0.25) is 0 Å². The normalized spacial score (nSPS) is 25.6. The second kappa shape index (κ2) is 10.3. The Kier molecular flexibility index (Phi) is 7.27. The number of ether oxygens (including phenoxy) is 4. The first-order valence-corrected chi connectivity index (χ1v) is 11.2. The molecule has 0 amide bonds. The smallest absolute Gasteiger partial charge is 0.127 e. The Balaban J connectivity index is 1.64. The zero-order valence-electron chi connectivity index (χ0n) is 18.5. The van der Waals surface area contributed by atoms with E-state index in [1.54, 1.807) is 0 Å². The van der Waals surface area contributed by atoms with Crippen molar-refractivity contribution in [3.63, 3.8) is 0 Å². The van der Waals surface area contributed by atoms with Gasteiger partial charge in [-0.3, -0.25) is 4.68 Å². The van der Waals surface area contributed by atoms with E-state index in [0.29, 0.717) is 26.4 Å². The Hall–Kier alpha value is -2.35. The average molecular weight is 428 g/mol. The monoisotopic (exact) mass is 427 g/mol. The lowest BCUT2D eigenvalue weighted by molar-refractivity contribution is -0.0109. The number of nitrogens with one attached hydrogen (secondary N) is 1. The second-order valence-electron chi connectivity index (χ2n) is 8.31. The van der Waals surface area contributed by atoms with Crippen molar-refractivity contribution in [3.8, 4) is 5.75 Å². The van der Waals surface area contributed by atoms with Crippen LogP contribution in [0.5, 0.6) is 5.75 Å². The number of anilines is 1. The van der Waals surface area contributed by atoms with Crippen molar-refractivity contribution in [2.24, 2.45) is 0 Å². The average Bonchev–Trinajstić information content (AvgIpc) is 3.28. The molecule has 1 saturated heterocycles. The maximum absolute atomic E-state index is 6.02. The molecular formula is C24H33N3O4. The Morgan fingerprint density at radius 1 is 1.10 bits per heavy atom. The van der Waals surface area contributed by atoms with Gasteiger partial charge in [-0.1, -0.05) is 6.58 Å². The largest absolute Gasteiger partial charge is 0.491 e. The van der Waals surface area contributed by atoms with Crippen molar-refractivity contribution in [2.45, 2.75) is 51.5 Å². The fourth-order valence-electron chi connectivity index (χ4n) is 3.81. The summed E-state index contributed by atoms with van der Waals surface area (Å²) < 4.78 is 25.4. The molecule has 0 spiro atoms. The molecule has 1 aromatic carbocycles. The summed E-state index contributed by atoms with van der Waals surface area (Å²) in [6, 6.07) is 6.18. The van der Waals surface area contributed by atoms with Crippen LogP contribution in [0.25, 0.3) is 5.57 Å². The zero-order valence-corrected chi connectivity index (χ0v) is 18.5. The number of fused-ring (bicyclic) bond motifs is 4. The van der Waals surface area contributed by atoms with Crippen LogP contribution in [0.4, 0.5) is 5.69 Å². The first-order chi connectivity index (χ1) is 15.1. The van der Waals surface area contributed by atoms with E-state index in [1.165, 1.54) is 6.42 Å². The van der Waals surface area contributed by atoms with Gasteiger partial charge in [0.05, 0.1) is 38.2 Å². The number of nitrogens with zero attached hydrogens (tertiary/aromatic N) is 2. The number of aromatic nitrogens is 2. The third-order valence-electron chi connectivity index (χ3n) is 5.69. The highest BCUT2D eigenvalue weighted by Gasteiger charge is 2.19. The lowest BCUT2D eigenvalue weighted by Gasteiger charge is -2.26. The van der Waals surface area contributed by atoms with E-state index < -0.39 is 0 Å². The predicted octanol–water partition coefficient (Wildman–Crippen LogP) is 4.26. The van der Waals surface area contributed by atoms with E-state index in [2.05, 4.69) is 23.9 Å². The first kappa shape index (κ1) is 21.9. The quantitative estimate of drug-likeness (QED) is 0.773. The van der Waals surface area contributed by atoms with E-state index in [9.17, 15) is 0 Å². The molecule has 0 saturated carbocycles. The van der Waals surface area contributed by atoms with Gasteiger partial charge in [-0.2, -0.15) is 5.10 Å². The Morgan fingerprint density at radius 2 is 2.00 bits per heavy atom. The summed E-state index contributed by atoms with van der Waals surface area (Å²) in [5, 5.41) is 8.09. The molecule has 7 nitrogen and oxygen atoms in total. The lowest BCUT2D eigenvalue weighted by atomic mass is 9.99. The molecule has 31 heavy (non-hydrogen) atoms. The molecule has 3 heterocycles. The van der Waals surface area contributed by atoms with Crippen LogP contribution in [0, 0.1) is 0 Å².